The second kappa shape index (κ2) is 42.0. The molecule has 20 rings (SSSR count). The summed E-state index contributed by atoms with van der Waals surface area (Å²) in [4.78, 5) is 0. The first-order valence-corrected chi connectivity index (χ1v) is 64.4. The molecule has 0 aliphatic heterocycles. The average molecular weight is 2100 g/mol. The highest BCUT2D eigenvalue weighted by Crippen LogP contribution is 2.63. The van der Waals surface area contributed by atoms with Gasteiger partial charge in [-0.1, -0.05) is 292 Å². The molecule has 0 spiro atoms. The van der Waals surface area contributed by atoms with E-state index < -0.39 is 54.0 Å². The largest absolute Gasteiger partial charge is 0.497 e. The number of ether oxygens (including phenoxy) is 8. The van der Waals surface area contributed by atoms with E-state index >= 15 is 0 Å². The summed E-state index contributed by atoms with van der Waals surface area (Å²) in [6, 6.07) is 120. The van der Waals surface area contributed by atoms with Crippen LogP contribution in [0.3, 0.4) is 0 Å². The van der Waals surface area contributed by atoms with Crippen molar-refractivity contribution < 1.29 is 37.9 Å². The van der Waals surface area contributed by atoms with E-state index in [1.165, 1.54) is 100 Å². The zero-order valence-electron chi connectivity index (χ0n) is 86.5. The minimum atomic E-state index is -1.55. The zero-order valence-corrected chi connectivity index (χ0v) is 93.7. The summed E-state index contributed by atoms with van der Waals surface area (Å²) in [6.45, 7) is 27.4. The van der Waals surface area contributed by atoms with Crippen molar-refractivity contribution in [2.24, 2.45) is 0 Å². The number of benzene rings is 16. The van der Waals surface area contributed by atoms with Crippen LogP contribution in [0.5, 0.6) is 46.0 Å². The van der Waals surface area contributed by atoms with E-state index in [2.05, 4.69) is 447 Å². The normalized spacial score (nSPS) is 13.1. The SMILES string of the molecule is C#Cc1ccc2c(c1)C(c1ccc(OC)cc1)(c1ccc(OC)cc1)c1cc(C#C)ccc1-2.COc1ccc(C2(c3ccc(OC)cc3)c3cc(Br)ccc3-c3ccc(Br)cc32)cc1.COc1ccc(C2(c3ccc(OC)cc3)c3cc(C#C[Si](C)(C)C)ccc3-c3ccc(C#C[Si](C)(C)C)cc32)cc1.COc1ccc(C2(c3ccc(OC)cc3)c3cc(C#C[Si](C)(C)C)ccc3-c3ccc(C#C[Si](C)(C)C)cc32)cc1. The Morgan fingerprint density at radius 2 is 0.322 bits per heavy atom. The standard InChI is InChI=1S/2C37H38O2Si2.C31H22O2.C27H20Br2O2/c2*1-38-31-15-11-29(12-16-31)37(30-13-17-32(39-2)18-14-30)35-25-27(21-23-40(3,4)5)9-19-33(35)34-20-10-28(26-36(34)37)22-24-41(6,7)8;1-5-21-7-17-27-28-18-8-22(6-2)20-30(28)31(29(27)19-21,23-9-13-25(32-3)14-10-23)24-11-15-26(33-4)16-12-24;1-30-21-9-3-17(4-10-21)27(18-5-11-22(31-2)12-6-18)25-15-19(28)7-13-23(25)24-14-8-20(29)16-26(24)27/h2*9-20,25-26H,1-8H3;1-2,7-20H,3-4H3;3-16H,1-2H3. The monoisotopic (exact) mass is 2100 g/mol. The van der Waals surface area contributed by atoms with Gasteiger partial charge in [0.15, 0.2) is 0 Å². The van der Waals surface area contributed by atoms with Crippen LogP contribution in [0.2, 0.25) is 78.6 Å². The van der Waals surface area contributed by atoms with Gasteiger partial charge in [0, 0.05) is 42.3 Å². The fourth-order valence-electron chi connectivity index (χ4n) is 20.7. The van der Waals surface area contributed by atoms with Crippen molar-refractivity contribution >= 4 is 64.2 Å². The molecule has 0 bridgehead atoms. The first kappa shape index (κ1) is 103. The Morgan fingerprint density at radius 1 is 0.185 bits per heavy atom. The molecule has 16 aromatic carbocycles. The Bertz CT molecular complexity index is 7280. The Balaban J connectivity index is 0.000000134. The summed E-state index contributed by atoms with van der Waals surface area (Å²) >= 11 is 7.43. The van der Waals surface area contributed by atoms with Crippen molar-refractivity contribution in [2.75, 3.05) is 56.9 Å². The minimum absolute atomic E-state index is 0.462. The molecule has 0 radical (unpaired) electrons. The number of fused-ring (bicyclic) bond motifs is 12. The van der Waals surface area contributed by atoms with Gasteiger partial charge in [-0.2, -0.15) is 0 Å². The molecular formula is C132H118Br2O8Si4. The van der Waals surface area contributed by atoms with Crippen LogP contribution in [0.4, 0.5) is 0 Å². The summed E-state index contributed by atoms with van der Waals surface area (Å²) in [5, 5.41) is 0. The predicted molar refractivity (Wildman–Crippen MR) is 620 cm³/mol. The Morgan fingerprint density at radius 3 is 0.466 bits per heavy atom. The molecule has 0 aromatic heterocycles. The summed E-state index contributed by atoms with van der Waals surface area (Å²) in [7, 11) is 7.39. The highest BCUT2D eigenvalue weighted by Gasteiger charge is 2.52. The van der Waals surface area contributed by atoms with E-state index in [9.17, 15) is 0 Å². The van der Waals surface area contributed by atoms with Gasteiger partial charge in [-0.3, -0.25) is 0 Å². The van der Waals surface area contributed by atoms with Gasteiger partial charge in [0.1, 0.15) is 78.3 Å². The number of hydrogen-bond acceptors (Lipinski definition) is 8. The van der Waals surface area contributed by atoms with E-state index in [0.29, 0.717) is 0 Å². The highest BCUT2D eigenvalue weighted by molar-refractivity contribution is 9.10. The lowest BCUT2D eigenvalue weighted by Gasteiger charge is -2.34. The second-order valence-electron chi connectivity index (χ2n) is 41.1. The fraction of sp³-hybridized carbons (Fsp3) is 0.182. The van der Waals surface area contributed by atoms with Gasteiger partial charge in [0.25, 0.3) is 0 Å². The predicted octanol–water partition coefficient (Wildman–Crippen LogP) is 30.7. The van der Waals surface area contributed by atoms with E-state index in [1.54, 1.807) is 56.9 Å². The summed E-state index contributed by atoms with van der Waals surface area (Å²) < 4.78 is 46.1. The van der Waals surface area contributed by atoms with Crippen molar-refractivity contribution in [3.63, 3.8) is 0 Å². The molecule has 0 saturated heterocycles. The molecule has 0 unspecified atom stereocenters. The van der Waals surface area contributed by atoms with Crippen molar-refractivity contribution in [1.82, 2.24) is 0 Å². The van der Waals surface area contributed by atoms with E-state index in [0.717, 1.165) is 122 Å². The quantitative estimate of drug-likeness (QED) is 0.0700. The molecule has 4 aliphatic carbocycles. The van der Waals surface area contributed by atoms with Crippen LogP contribution in [0.15, 0.2) is 349 Å². The third kappa shape index (κ3) is 20.0. The number of rotatable bonds is 16. The maximum atomic E-state index is 5.83. The van der Waals surface area contributed by atoms with Crippen LogP contribution < -0.4 is 37.9 Å². The Kier molecular flexibility index (Phi) is 29.5. The molecule has 0 saturated carbocycles. The Labute approximate surface area is 884 Å². The van der Waals surface area contributed by atoms with Crippen molar-refractivity contribution in [1.29, 1.82) is 0 Å². The molecule has 0 amide bonds. The molecule has 724 valence electrons. The lowest BCUT2D eigenvalue weighted by atomic mass is 9.67. The molecule has 14 heteroatoms. The summed E-state index contributed by atoms with van der Waals surface area (Å²) in [6.07, 6.45) is 11.7. The van der Waals surface area contributed by atoms with Gasteiger partial charge in [-0.05, 0) is 328 Å². The van der Waals surface area contributed by atoms with E-state index in [-0.39, 0.29) is 0 Å². The molecular weight excluding hydrogens is 1990 g/mol. The summed E-state index contributed by atoms with van der Waals surface area (Å²) in [5.74, 6) is 26.3. The third-order valence-corrected chi connectivity index (χ3v) is 31.8. The third-order valence-electron chi connectivity index (χ3n) is 27.3. The number of halogens is 2. The lowest BCUT2D eigenvalue weighted by molar-refractivity contribution is 0.414. The minimum Gasteiger partial charge on any atom is -0.497 e. The molecule has 0 fully saturated rings. The van der Waals surface area contributed by atoms with E-state index in [1.807, 2.05) is 60.7 Å². The van der Waals surface area contributed by atoms with Gasteiger partial charge >= 0.3 is 0 Å². The second-order valence-corrected chi connectivity index (χ2v) is 61.9. The maximum Gasteiger partial charge on any atom is 0.129 e. The smallest absolute Gasteiger partial charge is 0.129 e. The van der Waals surface area contributed by atoms with Crippen LogP contribution >= 0.6 is 31.9 Å². The van der Waals surface area contributed by atoms with Crippen LogP contribution in [-0.4, -0.2) is 89.2 Å². The molecule has 146 heavy (non-hydrogen) atoms. The number of terminal acetylenes is 2. The lowest BCUT2D eigenvalue weighted by Crippen LogP contribution is -2.28. The van der Waals surface area contributed by atoms with Gasteiger partial charge in [0.05, 0.1) is 78.5 Å². The van der Waals surface area contributed by atoms with Crippen LogP contribution in [0.25, 0.3) is 44.5 Å². The maximum absolute atomic E-state index is 5.83. The van der Waals surface area contributed by atoms with Gasteiger partial charge in [-0.25, -0.2) is 0 Å². The van der Waals surface area contributed by atoms with Gasteiger partial charge in [-0.15, -0.1) is 35.0 Å². The topological polar surface area (TPSA) is 73.8 Å². The van der Waals surface area contributed by atoms with Crippen LogP contribution in [-0.2, 0) is 21.7 Å². The molecule has 4 aliphatic rings. The number of methoxy groups -OCH3 is 8. The number of hydrogen-bond donors (Lipinski definition) is 0. The molecule has 0 heterocycles. The molecule has 0 atom stereocenters. The van der Waals surface area contributed by atoms with Crippen molar-refractivity contribution in [2.45, 2.75) is 100 Å². The molecule has 0 N–H and O–H groups in total. The highest BCUT2D eigenvalue weighted by atomic mass is 79.9. The summed E-state index contributed by atoms with van der Waals surface area (Å²) in [5.41, 5.74) is 46.7. The first-order chi connectivity index (χ1) is 70.1. The first-order valence-electron chi connectivity index (χ1n) is 48.8. The van der Waals surface area contributed by atoms with Crippen LogP contribution in [0, 0.1) is 70.5 Å². The van der Waals surface area contributed by atoms with E-state index in [4.69, 9.17) is 50.7 Å². The van der Waals surface area contributed by atoms with Gasteiger partial charge < -0.3 is 37.9 Å². The fourth-order valence-corrected chi connectivity index (χ4v) is 23.5. The Hall–Kier alpha value is -14.9. The van der Waals surface area contributed by atoms with Crippen molar-refractivity contribution in [3.05, 3.63) is 471 Å². The zero-order chi connectivity index (χ0) is 103. The molecule has 16 aromatic rings. The van der Waals surface area contributed by atoms with Crippen LogP contribution in [0.1, 0.15) is 122 Å². The average Bonchev–Trinajstić information content (AvgIpc) is 1.55. The van der Waals surface area contributed by atoms with Gasteiger partial charge in [0.2, 0.25) is 0 Å². The van der Waals surface area contributed by atoms with Crippen molar-refractivity contribution in [3.8, 4) is 161 Å². The molecule has 8 nitrogen and oxygen atoms in total.